The molecule has 96 valence electrons. The van der Waals surface area contributed by atoms with Gasteiger partial charge in [0.2, 0.25) is 5.89 Å². The largest absolute Gasteiger partial charge is 0.339 e. The molecule has 2 rings (SSSR count). The molecule has 0 spiro atoms. The van der Waals surface area contributed by atoms with Crippen molar-refractivity contribution in [1.82, 2.24) is 20.4 Å². The highest BCUT2D eigenvalue weighted by Gasteiger charge is 2.20. The zero-order valence-electron chi connectivity index (χ0n) is 10.9. The van der Waals surface area contributed by atoms with Crippen LogP contribution in [0.4, 0.5) is 0 Å². The van der Waals surface area contributed by atoms with Gasteiger partial charge in [0.1, 0.15) is 0 Å². The second-order valence-electron chi connectivity index (χ2n) is 5.26. The fraction of sp³-hybridized carbons (Fsp3) is 0.833. The van der Waals surface area contributed by atoms with Gasteiger partial charge in [0.25, 0.3) is 0 Å². The molecule has 0 aliphatic carbocycles. The third kappa shape index (κ3) is 3.51. The molecule has 1 aromatic heterocycles. The quantitative estimate of drug-likeness (QED) is 0.831. The third-order valence-corrected chi connectivity index (χ3v) is 3.14. The van der Waals surface area contributed by atoms with Gasteiger partial charge in [0, 0.05) is 19.0 Å². The Morgan fingerprint density at radius 3 is 3.00 bits per heavy atom. The van der Waals surface area contributed by atoms with Crippen molar-refractivity contribution < 1.29 is 4.52 Å². The number of hydrogen-bond donors (Lipinski definition) is 1. The molecule has 1 aliphatic heterocycles. The van der Waals surface area contributed by atoms with E-state index in [4.69, 9.17) is 4.52 Å². The lowest BCUT2D eigenvalue weighted by Crippen LogP contribution is -2.33. The second-order valence-corrected chi connectivity index (χ2v) is 5.26. The highest BCUT2D eigenvalue weighted by molar-refractivity contribution is 4.89. The van der Waals surface area contributed by atoms with Gasteiger partial charge in [-0.05, 0) is 25.9 Å². The van der Waals surface area contributed by atoms with Crippen LogP contribution in [0.15, 0.2) is 4.52 Å². The van der Waals surface area contributed by atoms with Crippen LogP contribution in [0.3, 0.4) is 0 Å². The molecule has 0 aromatic carbocycles. The van der Waals surface area contributed by atoms with Crippen molar-refractivity contribution in [1.29, 1.82) is 0 Å². The van der Waals surface area contributed by atoms with E-state index in [-0.39, 0.29) is 0 Å². The van der Waals surface area contributed by atoms with Gasteiger partial charge < -0.3 is 9.84 Å². The van der Waals surface area contributed by atoms with Crippen molar-refractivity contribution in [3.8, 4) is 0 Å². The van der Waals surface area contributed by atoms with Crippen LogP contribution in [0.1, 0.15) is 32.0 Å². The lowest BCUT2D eigenvalue weighted by Gasteiger charge is -2.21. The average molecular weight is 238 g/mol. The summed E-state index contributed by atoms with van der Waals surface area (Å²) >= 11 is 0. The third-order valence-electron chi connectivity index (χ3n) is 3.14. The average Bonchev–Trinajstić information content (AvgIpc) is 2.87. The molecule has 2 heterocycles. The Bertz CT molecular complexity index is 344. The maximum atomic E-state index is 5.24. The smallest absolute Gasteiger partial charge is 0.226 e. The van der Waals surface area contributed by atoms with Crippen molar-refractivity contribution in [3.63, 3.8) is 0 Å². The van der Waals surface area contributed by atoms with Gasteiger partial charge in [-0.15, -0.1) is 0 Å². The van der Waals surface area contributed by atoms with Crippen LogP contribution < -0.4 is 5.32 Å². The Kier molecular flexibility index (Phi) is 4.12. The minimum atomic E-state index is 0.556. The highest BCUT2D eigenvalue weighted by atomic mass is 16.5. The monoisotopic (exact) mass is 238 g/mol. The van der Waals surface area contributed by atoms with Crippen molar-refractivity contribution in [2.45, 2.75) is 39.3 Å². The van der Waals surface area contributed by atoms with Gasteiger partial charge in [-0.25, -0.2) is 0 Å². The summed E-state index contributed by atoms with van der Waals surface area (Å²) in [7, 11) is 2.12. The van der Waals surface area contributed by atoms with E-state index in [9.17, 15) is 0 Å². The molecule has 5 nitrogen and oxygen atoms in total. The summed E-state index contributed by atoms with van der Waals surface area (Å²) < 4.78 is 5.24. The topological polar surface area (TPSA) is 54.2 Å². The van der Waals surface area contributed by atoms with Crippen LogP contribution in [0.5, 0.6) is 0 Å². The van der Waals surface area contributed by atoms with Crippen LogP contribution in [-0.4, -0.2) is 41.2 Å². The van der Waals surface area contributed by atoms with Crippen LogP contribution >= 0.6 is 0 Å². The molecule has 0 bridgehead atoms. The first kappa shape index (κ1) is 12.5. The Morgan fingerprint density at radius 2 is 2.35 bits per heavy atom. The summed E-state index contributed by atoms with van der Waals surface area (Å²) in [5.41, 5.74) is 0. The normalized spacial score (nSPS) is 20.6. The fourth-order valence-electron chi connectivity index (χ4n) is 2.15. The van der Waals surface area contributed by atoms with Crippen molar-refractivity contribution in [2.24, 2.45) is 5.92 Å². The molecule has 0 radical (unpaired) electrons. The van der Waals surface area contributed by atoms with E-state index >= 15 is 0 Å². The molecular formula is C12H22N4O. The van der Waals surface area contributed by atoms with Crippen LogP contribution in [0.25, 0.3) is 0 Å². The second kappa shape index (κ2) is 5.60. The molecular weight excluding hydrogens is 216 g/mol. The SMILES string of the molecule is CC(C)Cc1nc(CN(C)C2CCNC2)no1. The van der Waals surface area contributed by atoms with Gasteiger partial charge in [0.05, 0.1) is 6.54 Å². The van der Waals surface area contributed by atoms with E-state index in [1.54, 1.807) is 0 Å². The number of rotatable bonds is 5. The first-order valence-electron chi connectivity index (χ1n) is 6.37. The van der Waals surface area contributed by atoms with Gasteiger partial charge in [-0.2, -0.15) is 4.98 Å². The fourth-order valence-corrected chi connectivity index (χ4v) is 2.15. The molecule has 1 aliphatic rings. The summed E-state index contributed by atoms with van der Waals surface area (Å²) in [6, 6.07) is 0.599. The van der Waals surface area contributed by atoms with E-state index < -0.39 is 0 Å². The first-order valence-corrected chi connectivity index (χ1v) is 6.37. The lowest BCUT2D eigenvalue weighted by molar-refractivity contribution is 0.238. The van der Waals surface area contributed by atoms with E-state index in [1.165, 1.54) is 6.42 Å². The van der Waals surface area contributed by atoms with E-state index in [0.717, 1.165) is 37.8 Å². The summed E-state index contributed by atoms with van der Waals surface area (Å²) in [6.07, 6.45) is 2.06. The van der Waals surface area contributed by atoms with Gasteiger partial charge >= 0.3 is 0 Å². The molecule has 1 fully saturated rings. The summed E-state index contributed by atoms with van der Waals surface area (Å²) in [5.74, 6) is 2.11. The van der Waals surface area contributed by atoms with Gasteiger partial charge in [-0.3, -0.25) is 4.90 Å². The number of hydrogen-bond acceptors (Lipinski definition) is 5. The van der Waals surface area contributed by atoms with Gasteiger partial charge in [0.15, 0.2) is 5.82 Å². The van der Waals surface area contributed by atoms with E-state index in [2.05, 4.69) is 41.3 Å². The van der Waals surface area contributed by atoms with Crippen LogP contribution in [0.2, 0.25) is 0 Å². The zero-order chi connectivity index (χ0) is 12.3. The lowest BCUT2D eigenvalue weighted by atomic mass is 10.1. The summed E-state index contributed by atoms with van der Waals surface area (Å²) in [5, 5.41) is 7.40. The van der Waals surface area contributed by atoms with E-state index in [1.807, 2.05) is 0 Å². The molecule has 1 saturated heterocycles. The number of nitrogens with zero attached hydrogens (tertiary/aromatic N) is 3. The number of aromatic nitrogens is 2. The molecule has 5 heteroatoms. The van der Waals surface area contributed by atoms with Gasteiger partial charge in [-0.1, -0.05) is 19.0 Å². The standard InChI is InChI=1S/C12H22N4O/c1-9(2)6-12-14-11(15-17-12)8-16(3)10-4-5-13-7-10/h9-10,13H,4-8H2,1-3H3. The maximum absolute atomic E-state index is 5.24. The Hall–Kier alpha value is -0.940. The Balaban J connectivity index is 1.87. The predicted octanol–water partition coefficient (Wildman–Crippen LogP) is 1.06. The summed E-state index contributed by atoms with van der Waals surface area (Å²) in [6.45, 7) is 7.25. The van der Waals surface area contributed by atoms with Crippen LogP contribution in [-0.2, 0) is 13.0 Å². The molecule has 1 aromatic rings. The molecule has 0 amide bonds. The molecule has 17 heavy (non-hydrogen) atoms. The molecule has 1 atom stereocenters. The number of nitrogens with one attached hydrogen (secondary N) is 1. The Labute approximate surface area is 103 Å². The van der Waals surface area contributed by atoms with Crippen molar-refractivity contribution in [3.05, 3.63) is 11.7 Å². The van der Waals surface area contributed by atoms with Crippen molar-refractivity contribution >= 4 is 0 Å². The highest BCUT2D eigenvalue weighted by Crippen LogP contribution is 2.11. The minimum absolute atomic E-state index is 0.556. The first-order chi connectivity index (χ1) is 8.15. The van der Waals surface area contributed by atoms with Crippen LogP contribution in [0, 0.1) is 5.92 Å². The molecule has 0 saturated carbocycles. The zero-order valence-corrected chi connectivity index (χ0v) is 10.9. The predicted molar refractivity (Wildman–Crippen MR) is 65.6 cm³/mol. The van der Waals surface area contributed by atoms with E-state index in [0.29, 0.717) is 12.0 Å². The molecule has 1 N–H and O–H groups in total. The molecule has 1 unspecified atom stereocenters. The van der Waals surface area contributed by atoms with Crippen molar-refractivity contribution in [2.75, 3.05) is 20.1 Å². The minimum Gasteiger partial charge on any atom is -0.339 e. The Morgan fingerprint density at radius 1 is 1.53 bits per heavy atom. The summed E-state index contributed by atoms with van der Waals surface area (Å²) in [4.78, 5) is 6.72. The maximum Gasteiger partial charge on any atom is 0.226 e. The number of likely N-dealkylation sites (N-methyl/N-ethyl adjacent to an activating group) is 1.